The predicted octanol–water partition coefficient (Wildman–Crippen LogP) is 5.00. The van der Waals surface area contributed by atoms with Crippen molar-refractivity contribution in [3.8, 4) is 0 Å². The minimum atomic E-state index is -1.38. The van der Waals surface area contributed by atoms with Crippen molar-refractivity contribution >= 4 is 35.1 Å². The zero-order valence-electron chi connectivity index (χ0n) is 11.5. The molecule has 0 bridgehead atoms. The van der Waals surface area contributed by atoms with Gasteiger partial charge < -0.3 is 0 Å². The summed E-state index contributed by atoms with van der Waals surface area (Å²) >= 11 is 10.8. The summed E-state index contributed by atoms with van der Waals surface area (Å²) in [5, 5.41) is 3.17. The standard InChI is InChI=1S/C13H25PS2/c1-12(2,3)14(16,13(4,5)6)10-8-7-9-11-15/h9H,7-8,10H2,1-6H3. The second-order valence-electron chi connectivity index (χ2n) is 6.27. The smallest absolute Gasteiger partial charge is 0.00844 e. The molecule has 0 heterocycles. The fourth-order valence-corrected chi connectivity index (χ4v) is 6.64. The van der Waals surface area contributed by atoms with E-state index in [-0.39, 0.29) is 10.3 Å². The number of hydrogen-bond acceptors (Lipinski definition) is 2. The molecule has 0 spiro atoms. The van der Waals surface area contributed by atoms with E-state index >= 15 is 0 Å². The molecule has 0 saturated heterocycles. The normalized spacial score (nSPS) is 13.4. The lowest BCUT2D eigenvalue weighted by Gasteiger charge is -2.45. The topological polar surface area (TPSA) is 0 Å². The zero-order chi connectivity index (χ0) is 13.0. The van der Waals surface area contributed by atoms with Crippen LogP contribution in [0.4, 0.5) is 0 Å². The Bertz CT molecular complexity index is 294. The van der Waals surface area contributed by atoms with E-state index in [9.17, 15) is 0 Å². The van der Waals surface area contributed by atoms with Gasteiger partial charge in [0.1, 0.15) is 0 Å². The predicted molar refractivity (Wildman–Crippen MR) is 85.1 cm³/mol. The molecule has 0 radical (unpaired) electrons. The molecule has 0 amide bonds. The fourth-order valence-electron chi connectivity index (χ4n) is 2.15. The van der Waals surface area contributed by atoms with Crippen LogP contribution in [0.5, 0.6) is 0 Å². The molecule has 0 N–H and O–H groups in total. The molecule has 0 nitrogen and oxygen atoms in total. The molecule has 0 rings (SSSR count). The summed E-state index contributed by atoms with van der Waals surface area (Å²) in [5.74, 6) is 0. The van der Waals surface area contributed by atoms with Gasteiger partial charge in [-0.3, -0.25) is 0 Å². The number of unbranched alkanes of at least 4 members (excludes halogenated alkanes) is 1. The maximum atomic E-state index is 6.08. The first-order valence-corrected chi connectivity index (χ1v) is 9.24. The molecule has 0 saturated carbocycles. The van der Waals surface area contributed by atoms with Gasteiger partial charge in [-0.25, -0.2) is 0 Å². The summed E-state index contributed by atoms with van der Waals surface area (Å²) in [7, 11) is 0. The number of hydrogen-bond donors (Lipinski definition) is 0. The van der Waals surface area contributed by atoms with Gasteiger partial charge in [0.2, 0.25) is 0 Å². The van der Waals surface area contributed by atoms with E-state index in [0.717, 1.165) is 12.8 Å². The number of rotatable bonds is 4. The van der Waals surface area contributed by atoms with Crippen LogP contribution in [0, 0.1) is 0 Å². The maximum absolute atomic E-state index is 6.08. The molecule has 0 aliphatic rings. The molecule has 3 heteroatoms. The molecule has 0 unspecified atom stereocenters. The van der Waals surface area contributed by atoms with Gasteiger partial charge in [-0.1, -0.05) is 58.4 Å². The van der Waals surface area contributed by atoms with Crippen LogP contribution in [-0.2, 0) is 11.8 Å². The van der Waals surface area contributed by atoms with Gasteiger partial charge in [0.25, 0.3) is 0 Å². The first-order valence-electron chi connectivity index (χ1n) is 5.85. The highest BCUT2D eigenvalue weighted by atomic mass is 32.4. The Hall–Kier alpha value is 0.520. The summed E-state index contributed by atoms with van der Waals surface area (Å²) in [6.07, 6.45) is 5.28. The Morgan fingerprint density at radius 3 is 1.81 bits per heavy atom. The summed E-state index contributed by atoms with van der Waals surface area (Å²) < 4.78 is 0. The van der Waals surface area contributed by atoms with Crippen molar-refractivity contribution in [3.63, 3.8) is 0 Å². The van der Waals surface area contributed by atoms with Crippen molar-refractivity contribution in [1.82, 2.24) is 0 Å². The molecule has 0 aromatic rings. The van der Waals surface area contributed by atoms with Crippen LogP contribution in [-0.4, -0.2) is 21.5 Å². The quantitative estimate of drug-likeness (QED) is 0.403. The van der Waals surface area contributed by atoms with Crippen LogP contribution in [0.2, 0.25) is 0 Å². The van der Waals surface area contributed by atoms with E-state index in [4.69, 9.17) is 11.8 Å². The Kier molecular flexibility index (Phi) is 6.11. The highest BCUT2D eigenvalue weighted by Gasteiger charge is 2.40. The van der Waals surface area contributed by atoms with Gasteiger partial charge in [-0.15, -0.1) is 0 Å². The van der Waals surface area contributed by atoms with Gasteiger partial charge in [0, 0.05) is 0 Å². The average Bonchev–Trinajstić information content (AvgIpc) is 2.08. The third-order valence-corrected chi connectivity index (χ3v) is 12.4. The van der Waals surface area contributed by atoms with Crippen LogP contribution in [0.3, 0.4) is 0 Å². The SMILES string of the molecule is CC(C)(C)P(=S)(CCCC=C=S)C(C)(C)C. The van der Waals surface area contributed by atoms with Crippen LogP contribution in [0.1, 0.15) is 54.4 Å². The second-order valence-corrected chi connectivity index (χ2v) is 13.0. The molecule has 0 aromatic carbocycles. The van der Waals surface area contributed by atoms with E-state index in [1.807, 2.05) is 6.08 Å². The highest BCUT2D eigenvalue weighted by molar-refractivity contribution is 8.16. The van der Waals surface area contributed by atoms with Crippen LogP contribution in [0.25, 0.3) is 0 Å². The maximum Gasteiger partial charge on any atom is -0.00844 e. The molecule has 0 aliphatic heterocycles. The molecule has 16 heavy (non-hydrogen) atoms. The van der Waals surface area contributed by atoms with E-state index in [0.29, 0.717) is 0 Å². The summed E-state index contributed by atoms with van der Waals surface area (Å²) in [6, 6.07) is -1.38. The largest absolute Gasteiger partial charge is 0.0964 e. The van der Waals surface area contributed by atoms with Crippen molar-refractivity contribution in [3.05, 3.63) is 6.08 Å². The van der Waals surface area contributed by atoms with Crippen LogP contribution < -0.4 is 0 Å². The molecule has 94 valence electrons. The summed E-state index contributed by atoms with van der Waals surface area (Å²) in [6.45, 7) is 13.8. The number of thiocarbonyl (C=S) groups is 1. The second kappa shape index (κ2) is 5.91. The van der Waals surface area contributed by atoms with Gasteiger partial charge in [-0.05, 0) is 53.6 Å². The van der Waals surface area contributed by atoms with Gasteiger partial charge in [0.05, 0.1) is 0 Å². The lowest BCUT2D eigenvalue weighted by atomic mass is 10.2. The van der Waals surface area contributed by atoms with E-state index in [2.05, 4.69) is 58.8 Å². The van der Waals surface area contributed by atoms with Crippen molar-refractivity contribution in [2.75, 3.05) is 6.16 Å². The third-order valence-electron chi connectivity index (χ3n) is 3.07. The Morgan fingerprint density at radius 2 is 1.50 bits per heavy atom. The molecular weight excluding hydrogens is 251 g/mol. The number of allylic oxidation sites excluding steroid dienone is 1. The van der Waals surface area contributed by atoms with Gasteiger partial charge >= 0.3 is 0 Å². The van der Waals surface area contributed by atoms with Crippen molar-refractivity contribution < 1.29 is 0 Å². The first-order chi connectivity index (χ1) is 7.06. The minimum Gasteiger partial charge on any atom is -0.0964 e. The summed E-state index contributed by atoms with van der Waals surface area (Å²) in [4.78, 5) is 0. The van der Waals surface area contributed by atoms with Crippen molar-refractivity contribution in [2.45, 2.75) is 64.7 Å². The molecule has 0 aliphatic carbocycles. The summed E-state index contributed by atoms with van der Waals surface area (Å²) in [5.41, 5.74) is 0. The van der Waals surface area contributed by atoms with Gasteiger partial charge in [0.15, 0.2) is 0 Å². The average molecular weight is 276 g/mol. The fraction of sp³-hybridized carbons (Fsp3) is 0.846. The van der Waals surface area contributed by atoms with Crippen LogP contribution >= 0.6 is 18.3 Å². The molecular formula is C13H25PS2. The third kappa shape index (κ3) is 4.08. The highest BCUT2D eigenvalue weighted by Crippen LogP contribution is 2.67. The van der Waals surface area contributed by atoms with Crippen molar-refractivity contribution in [2.24, 2.45) is 0 Å². The molecule has 0 fully saturated rings. The Labute approximate surface area is 112 Å². The Balaban J connectivity index is 4.85. The lowest BCUT2D eigenvalue weighted by molar-refractivity contribution is 0.696. The van der Waals surface area contributed by atoms with E-state index in [1.165, 1.54) is 6.16 Å². The van der Waals surface area contributed by atoms with E-state index < -0.39 is 6.04 Å². The van der Waals surface area contributed by atoms with Gasteiger partial charge in [-0.2, -0.15) is 0 Å². The monoisotopic (exact) mass is 276 g/mol. The first kappa shape index (κ1) is 16.5. The van der Waals surface area contributed by atoms with Crippen LogP contribution in [0.15, 0.2) is 6.08 Å². The molecule has 0 aromatic heterocycles. The lowest BCUT2D eigenvalue weighted by Crippen LogP contribution is -2.30. The van der Waals surface area contributed by atoms with Crippen molar-refractivity contribution in [1.29, 1.82) is 0 Å². The minimum absolute atomic E-state index is 0.252. The molecule has 0 atom stereocenters. The Morgan fingerprint density at radius 1 is 1.06 bits per heavy atom. The van der Waals surface area contributed by atoms with E-state index in [1.54, 1.807) is 0 Å². The zero-order valence-corrected chi connectivity index (χ0v) is 14.0.